The summed E-state index contributed by atoms with van der Waals surface area (Å²) in [5, 5.41) is 10.5. The summed E-state index contributed by atoms with van der Waals surface area (Å²) < 4.78 is 34.1. The van der Waals surface area contributed by atoms with Crippen molar-refractivity contribution in [2.45, 2.75) is 11.8 Å². The van der Waals surface area contributed by atoms with Crippen LogP contribution in [0.2, 0.25) is 0 Å². The number of carboxylic acids is 1. The Balaban J connectivity index is 1.78. The molecule has 0 amide bonds. The van der Waals surface area contributed by atoms with Crippen LogP contribution in [0.3, 0.4) is 0 Å². The van der Waals surface area contributed by atoms with Crippen LogP contribution in [0, 0.1) is 11.8 Å². The lowest BCUT2D eigenvalue weighted by molar-refractivity contribution is -0.132. The predicted molar refractivity (Wildman–Crippen MR) is 140 cm³/mol. The summed E-state index contributed by atoms with van der Waals surface area (Å²) in [5.41, 5.74) is 5.12. The molecule has 6 nitrogen and oxygen atoms in total. The lowest BCUT2D eigenvalue weighted by atomic mass is 10.1. The zero-order valence-corrected chi connectivity index (χ0v) is 20.8. The number of carbonyl (C=O) groups is 1. The van der Waals surface area contributed by atoms with E-state index in [0.29, 0.717) is 38.9 Å². The number of rotatable bonds is 5. The van der Waals surface area contributed by atoms with Crippen molar-refractivity contribution in [1.29, 1.82) is 0 Å². The maximum Gasteiger partial charge on any atom is 0.336 e. The van der Waals surface area contributed by atoms with Crippen molar-refractivity contribution in [2.24, 2.45) is 0 Å². The van der Waals surface area contributed by atoms with E-state index in [4.69, 9.17) is 4.74 Å². The summed E-state index contributed by atoms with van der Waals surface area (Å²) in [7, 11) is -0.902. The van der Waals surface area contributed by atoms with Gasteiger partial charge in [0.2, 0.25) is 0 Å². The number of para-hydroxylation sites is 1. The Morgan fingerprint density at radius 3 is 2.39 bits per heavy atom. The fourth-order valence-electron chi connectivity index (χ4n) is 3.85. The van der Waals surface area contributed by atoms with Crippen molar-refractivity contribution in [2.75, 3.05) is 18.5 Å². The molecule has 0 atom stereocenters. The molecule has 0 aliphatic heterocycles. The molecule has 1 N–H and O–H groups in total. The standard InChI is InChI=1S/C29H23NO5S/c1-20-19-23(29(31)32)11-8-10-21(20)15-16-22-9-4-7-14-26(22)30(2)36(33,34)28-18-17-27(35-3)24-12-5-6-13-25(24)28/h4-7,9-14,17-19H,1-3H3,(H,31,32). The van der Waals surface area contributed by atoms with Crippen LogP contribution in [0.15, 0.2) is 106 Å². The second-order valence-corrected chi connectivity index (χ2v) is 9.95. The second-order valence-electron chi connectivity index (χ2n) is 8.01. The largest absolute Gasteiger partial charge is 0.496 e. The summed E-state index contributed by atoms with van der Waals surface area (Å²) in [6.07, 6.45) is 4.52. The Bertz CT molecular complexity index is 1680. The molecule has 7 heteroatoms. The third kappa shape index (κ3) is 4.69. The molecule has 1 aliphatic rings. The molecule has 0 aromatic heterocycles. The zero-order chi connectivity index (χ0) is 25.9. The molecule has 36 heavy (non-hydrogen) atoms. The molecule has 0 saturated carbocycles. The Labute approximate surface area is 210 Å². The van der Waals surface area contributed by atoms with Gasteiger partial charge in [-0.3, -0.25) is 4.31 Å². The molecule has 4 rings (SSSR count). The van der Waals surface area contributed by atoms with E-state index in [2.05, 4.69) is 17.6 Å². The van der Waals surface area contributed by atoms with Crippen LogP contribution in [0.1, 0.15) is 12.5 Å². The van der Waals surface area contributed by atoms with Crippen molar-refractivity contribution >= 4 is 32.5 Å². The number of benzene rings is 3. The summed E-state index contributed by atoms with van der Waals surface area (Å²) in [6.45, 7) is 1.77. The molecule has 1 aliphatic carbocycles. The van der Waals surface area contributed by atoms with Crippen LogP contribution in [0.25, 0.3) is 10.8 Å². The molecule has 0 saturated heterocycles. The van der Waals surface area contributed by atoms with Crippen LogP contribution in [-0.4, -0.2) is 33.7 Å². The molecule has 0 radical (unpaired) electrons. The SMILES string of the molecule is COc1ccc(S(=O)(=O)N(C)c2ccccc2C#CC2=C(C)C=C(C(=O)O)C=C=C2)c2ccccc12. The van der Waals surface area contributed by atoms with E-state index in [1.54, 1.807) is 68.6 Å². The minimum absolute atomic E-state index is 0.110. The molecular formula is C29H23NO5S. The molecule has 0 unspecified atom stereocenters. The number of hydrogen-bond acceptors (Lipinski definition) is 4. The number of carboxylic acid groups (broad SMARTS) is 1. The number of sulfonamides is 1. The van der Waals surface area contributed by atoms with Crippen molar-refractivity contribution in [1.82, 2.24) is 0 Å². The third-order valence-corrected chi connectivity index (χ3v) is 7.62. The monoisotopic (exact) mass is 497 g/mol. The van der Waals surface area contributed by atoms with Crippen LogP contribution >= 0.6 is 0 Å². The number of ether oxygens (including phenoxy) is 1. The average Bonchev–Trinajstić information content (AvgIpc) is 3.07. The van der Waals surface area contributed by atoms with Crippen LogP contribution in [-0.2, 0) is 14.8 Å². The maximum atomic E-state index is 13.7. The van der Waals surface area contributed by atoms with Gasteiger partial charge in [0.25, 0.3) is 10.0 Å². The Morgan fingerprint density at radius 1 is 0.972 bits per heavy atom. The van der Waals surface area contributed by atoms with Gasteiger partial charge < -0.3 is 9.84 Å². The zero-order valence-electron chi connectivity index (χ0n) is 19.9. The van der Waals surface area contributed by atoms with E-state index >= 15 is 0 Å². The summed E-state index contributed by atoms with van der Waals surface area (Å²) in [5.74, 6) is 5.63. The Hall–Kier alpha value is -4.50. The second kappa shape index (κ2) is 10.0. The van der Waals surface area contributed by atoms with Gasteiger partial charge in [-0.2, -0.15) is 0 Å². The van der Waals surface area contributed by atoms with E-state index in [9.17, 15) is 18.3 Å². The van der Waals surface area contributed by atoms with E-state index in [0.717, 1.165) is 0 Å². The van der Waals surface area contributed by atoms with E-state index < -0.39 is 16.0 Å². The van der Waals surface area contributed by atoms with Crippen molar-refractivity contribution in [3.8, 4) is 17.6 Å². The molecule has 3 aromatic carbocycles. The summed E-state index contributed by atoms with van der Waals surface area (Å²) >= 11 is 0. The first-order valence-corrected chi connectivity index (χ1v) is 12.4. The Kier molecular flexibility index (Phi) is 6.84. The molecule has 0 bridgehead atoms. The molecule has 0 fully saturated rings. The van der Waals surface area contributed by atoms with Gasteiger partial charge in [-0.15, -0.1) is 5.73 Å². The number of fused-ring (bicyclic) bond motifs is 1. The third-order valence-electron chi connectivity index (χ3n) is 5.79. The first-order chi connectivity index (χ1) is 17.2. The van der Waals surface area contributed by atoms with Crippen molar-refractivity contribution < 1.29 is 23.1 Å². The topological polar surface area (TPSA) is 83.9 Å². The fourth-order valence-corrected chi connectivity index (χ4v) is 5.26. The highest BCUT2D eigenvalue weighted by molar-refractivity contribution is 7.93. The van der Waals surface area contributed by atoms with Crippen molar-refractivity contribution in [3.63, 3.8) is 0 Å². The van der Waals surface area contributed by atoms with Gasteiger partial charge in [-0.1, -0.05) is 48.2 Å². The predicted octanol–water partition coefficient (Wildman–Crippen LogP) is 5.08. The number of allylic oxidation sites excluding steroid dienone is 3. The highest BCUT2D eigenvalue weighted by atomic mass is 32.2. The van der Waals surface area contributed by atoms with Gasteiger partial charge in [-0.05, 0) is 55.0 Å². The summed E-state index contributed by atoms with van der Waals surface area (Å²) in [6, 6.07) is 17.4. The van der Waals surface area contributed by atoms with E-state index in [1.807, 2.05) is 12.1 Å². The van der Waals surface area contributed by atoms with Gasteiger partial charge in [0.05, 0.1) is 23.3 Å². The van der Waals surface area contributed by atoms with E-state index in [-0.39, 0.29) is 10.5 Å². The normalized spacial score (nSPS) is 13.0. The molecule has 0 spiro atoms. The molecule has 0 heterocycles. The number of anilines is 1. The summed E-state index contributed by atoms with van der Waals surface area (Å²) in [4.78, 5) is 11.5. The quantitative estimate of drug-likeness (QED) is 0.393. The van der Waals surface area contributed by atoms with Crippen molar-refractivity contribution in [3.05, 3.63) is 107 Å². The molecular weight excluding hydrogens is 474 g/mol. The lowest BCUT2D eigenvalue weighted by Gasteiger charge is -2.22. The lowest BCUT2D eigenvalue weighted by Crippen LogP contribution is -2.27. The number of hydrogen-bond donors (Lipinski definition) is 1. The minimum Gasteiger partial charge on any atom is -0.496 e. The van der Waals surface area contributed by atoms with Gasteiger partial charge in [0, 0.05) is 29.0 Å². The highest BCUT2D eigenvalue weighted by Gasteiger charge is 2.25. The van der Waals surface area contributed by atoms with Gasteiger partial charge in [0.1, 0.15) is 5.75 Å². The Morgan fingerprint density at radius 2 is 1.67 bits per heavy atom. The first kappa shape index (κ1) is 24.6. The number of aliphatic carboxylic acids is 1. The number of nitrogens with zero attached hydrogens (tertiary/aromatic N) is 1. The maximum absolute atomic E-state index is 13.7. The average molecular weight is 498 g/mol. The van der Waals surface area contributed by atoms with Crippen LogP contribution < -0.4 is 9.04 Å². The first-order valence-electron chi connectivity index (χ1n) is 11.0. The van der Waals surface area contributed by atoms with Crippen LogP contribution in [0.4, 0.5) is 5.69 Å². The van der Waals surface area contributed by atoms with E-state index in [1.165, 1.54) is 23.5 Å². The smallest absolute Gasteiger partial charge is 0.336 e. The fraction of sp³-hybridized carbons (Fsp3) is 0.103. The highest BCUT2D eigenvalue weighted by Crippen LogP contribution is 2.34. The van der Waals surface area contributed by atoms with Gasteiger partial charge in [0.15, 0.2) is 0 Å². The molecule has 180 valence electrons. The molecule has 3 aromatic rings. The van der Waals surface area contributed by atoms with Gasteiger partial charge >= 0.3 is 5.97 Å². The van der Waals surface area contributed by atoms with Crippen LogP contribution in [0.5, 0.6) is 5.75 Å². The number of methoxy groups -OCH3 is 1. The van der Waals surface area contributed by atoms with Gasteiger partial charge in [-0.25, -0.2) is 13.2 Å². The minimum atomic E-state index is -3.94.